The van der Waals surface area contributed by atoms with Crippen LogP contribution >= 0.6 is 15.9 Å². The molecular formula is C23H36BrN3O4. The van der Waals surface area contributed by atoms with Crippen LogP contribution in [0.4, 0.5) is 0 Å². The van der Waals surface area contributed by atoms with Crippen molar-refractivity contribution in [1.82, 2.24) is 14.7 Å². The van der Waals surface area contributed by atoms with E-state index < -0.39 is 0 Å². The van der Waals surface area contributed by atoms with Gasteiger partial charge in [-0.15, -0.1) is 0 Å². The Labute approximate surface area is 194 Å². The molecule has 1 aliphatic heterocycles. The molecule has 0 N–H and O–H groups in total. The molecule has 2 rings (SSSR count). The Hall–Kier alpha value is -1.80. The third-order valence-electron chi connectivity index (χ3n) is 5.47. The smallest absolute Gasteiger partial charge is 0.236 e. The van der Waals surface area contributed by atoms with Crippen LogP contribution in [0, 0.1) is 0 Å². The molecule has 0 spiro atoms. The second kappa shape index (κ2) is 12.9. The molecule has 1 heterocycles. The normalized spacial score (nSPS) is 14.8. The van der Waals surface area contributed by atoms with Crippen molar-refractivity contribution < 1.29 is 19.1 Å². The number of likely N-dealkylation sites (N-methyl/N-ethyl adjacent to an activating group) is 1. The van der Waals surface area contributed by atoms with Gasteiger partial charge in [0.2, 0.25) is 11.8 Å². The molecule has 1 saturated heterocycles. The third-order valence-corrected chi connectivity index (χ3v) is 6.21. The van der Waals surface area contributed by atoms with Gasteiger partial charge in [-0.1, -0.05) is 15.9 Å². The molecule has 1 fully saturated rings. The SMILES string of the molecule is CCOc1cc(Br)c(CC(=O)N2CCCN(CC(=O)N(CC)CC)CC2)cc1OCC. The second-order valence-electron chi connectivity index (χ2n) is 7.51. The maximum Gasteiger partial charge on any atom is 0.236 e. The van der Waals surface area contributed by atoms with E-state index in [2.05, 4.69) is 20.8 Å². The van der Waals surface area contributed by atoms with Crippen molar-refractivity contribution >= 4 is 27.7 Å². The van der Waals surface area contributed by atoms with E-state index in [9.17, 15) is 9.59 Å². The fraction of sp³-hybridized carbons (Fsp3) is 0.652. The van der Waals surface area contributed by atoms with Crippen molar-refractivity contribution in [2.24, 2.45) is 0 Å². The fourth-order valence-corrected chi connectivity index (χ4v) is 4.23. The van der Waals surface area contributed by atoms with E-state index in [1.165, 1.54) is 0 Å². The Morgan fingerprint density at radius 3 is 2.23 bits per heavy atom. The van der Waals surface area contributed by atoms with Crippen LogP contribution in [0.3, 0.4) is 0 Å². The number of hydrogen-bond donors (Lipinski definition) is 0. The minimum absolute atomic E-state index is 0.0872. The Morgan fingerprint density at radius 2 is 1.61 bits per heavy atom. The van der Waals surface area contributed by atoms with Gasteiger partial charge in [-0.2, -0.15) is 0 Å². The van der Waals surface area contributed by atoms with Crippen LogP contribution in [-0.2, 0) is 16.0 Å². The zero-order valence-corrected chi connectivity index (χ0v) is 20.9. The molecule has 0 bridgehead atoms. The van der Waals surface area contributed by atoms with Crippen LogP contribution in [0.1, 0.15) is 39.7 Å². The molecule has 1 aromatic rings. The summed E-state index contributed by atoms with van der Waals surface area (Å²) in [6.45, 7) is 13.7. The highest BCUT2D eigenvalue weighted by atomic mass is 79.9. The van der Waals surface area contributed by atoms with E-state index in [0.29, 0.717) is 57.3 Å². The van der Waals surface area contributed by atoms with Gasteiger partial charge in [-0.3, -0.25) is 14.5 Å². The summed E-state index contributed by atoms with van der Waals surface area (Å²) < 4.78 is 12.2. The highest BCUT2D eigenvalue weighted by Gasteiger charge is 2.23. The van der Waals surface area contributed by atoms with E-state index in [0.717, 1.165) is 36.1 Å². The van der Waals surface area contributed by atoms with Crippen molar-refractivity contribution in [2.45, 2.75) is 40.5 Å². The largest absolute Gasteiger partial charge is 0.490 e. The molecule has 0 aromatic heterocycles. The Bertz CT molecular complexity index is 740. The van der Waals surface area contributed by atoms with Crippen LogP contribution in [0.2, 0.25) is 0 Å². The van der Waals surface area contributed by atoms with E-state index in [1.54, 1.807) is 0 Å². The first-order chi connectivity index (χ1) is 14.9. The summed E-state index contributed by atoms with van der Waals surface area (Å²) in [6.07, 6.45) is 1.16. The third kappa shape index (κ3) is 7.38. The molecule has 0 unspecified atom stereocenters. The Kier molecular flexibility index (Phi) is 10.6. The average molecular weight is 498 g/mol. The van der Waals surface area contributed by atoms with E-state index in [1.807, 2.05) is 49.6 Å². The van der Waals surface area contributed by atoms with E-state index in [4.69, 9.17) is 9.47 Å². The van der Waals surface area contributed by atoms with Gasteiger partial charge in [-0.05, 0) is 51.8 Å². The zero-order valence-electron chi connectivity index (χ0n) is 19.3. The van der Waals surface area contributed by atoms with E-state index >= 15 is 0 Å². The molecule has 0 radical (unpaired) electrons. The summed E-state index contributed by atoms with van der Waals surface area (Å²) in [5.41, 5.74) is 0.884. The molecule has 0 atom stereocenters. The number of ether oxygens (including phenoxy) is 2. The number of nitrogens with zero attached hydrogens (tertiary/aromatic N) is 3. The lowest BCUT2D eigenvalue weighted by atomic mass is 10.1. The van der Waals surface area contributed by atoms with Crippen molar-refractivity contribution in [3.63, 3.8) is 0 Å². The van der Waals surface area contributed by atoms with Gasteiger partial charge in [0, 0.05) is 43.7 Å². The minimum Gasteiger partial charge on any atom is -0.490 e. The monoisotopic (exact) mass is 497 g/mol. The molecule has 174 valence electrons. The fourth-order valence-electron chi connectivity index (χ4n) is 3.77. The predicted molar refractivity (Wildman–Crippen MR) is 126 cm³/mol. The number of benzene rings is 1. The van der Waals surface area contributed by atoms with Gasteiger partial charge in [0.25, 0.3) is 0 Å². The van der Waals surface area contributed by atoms with Crippen LogP contribution in [0.5, 0.6) is 11.5 Å². The van der Waals surface area contributed by atoms with Crippen LogP contribution in [0.25, 0.3) is 0 Å². The van der Waals surface area contributed by atoms with E-state index in [-0.39, 0.29) is 11.8 Å². The Balaban J connectivity index is 2.00. The van der Waals surface area contributed by atoms with Gasteiger partial charge >= 0.3 is 0 Å². The number of amides is 2. The topological polar surface area (TPSA) is 62.3 Å². The first-order valence-electron chi connectivity index (χ1n) is 11.3. The molecule has 8 heteroatoms. The van der Waals surface area contributed by atoms with Crippen LogP contribution < -0.4 is 9.47 Å². The number of carbonyl (C=O) groups excluding carboxylic acids is 2. The van der Waals surface area contributed by atoms with Gasteiger partial charge in [0.15, 0.2) is 11.5 Å². The maximum absolute atomic E-state index is 13.0. The summed E-state index contributed by atoms with van der Waals surface area (Å²) in [5, 5.41) is 0. The summed E-state index contributed by atoms with van der Waals surface area (Å²) in [7, 11) is 0. The summed E-state index contributed by atoms with van der Waals surface area (Å²) in [5.74, 6) is 1.58. The highest BCUT2D eigenvalue weighted by Crippen LogP contribution is 2.34. The van der Waals surface area contributed by atoms with Gasteiger partial charge in [0.05, 0.1) is 26.2 Å². The molecular weight excluding hydrogens is 462 g/mol. The lowest BCUT2D eigenvalue weighted by molar-refractivity contribution is -0.132. The number of rotatable bonds is 10. The highest BCUT2D eigenvalue weighted by molar-refractivity contribution is 9.10. The molecule has 1 aliphatic rings. The summed E-state index contributed by atoms with van der Waals surface area (Å²) >= 11 is 3.58. The lowest BCUT2D eigenvalue weighted by Crippen LogP contribution is -2.42. The molecule has 1 aromatic carbocycles. The molecule has 31 heavy (non-hydrogen) atoms. The predicted octanol–water partition coefficient (Wildman–Crippen LogP) is 3.19. The minimum atomic E-state index is 0.0872. The maximum atomic E-state index is 13.0. The first-order valence-corrected chi connectivity index (χ1v) is 12.1. The number of carbonyl (C=O) groups is 2. The quantitative estimate of drug-likeness (QED) is 0.496. The number of halogens is 1. The average Bonchev–Trinajstić information content (AvgIpc) is 2.98. The molecule has 2 amide bonds. The summed E-state index contributed by atoms with van der Waals surface area (Å²) in [6, 6.07) is 3.77. The van der Waals surface area contributed by atoms with Crippen LogP contribution in [0.15, 0.2) is 16.6 Å². The molecule has 0 aliphatic carbocycles. The second-order valence-corrected chi connectivity index (χ2v) is 8.36. The molecule has 0 saturated carbocycles. The van der Waals surface area contributed by atoms with Crippen LogP contribution in [-0.4, -0.2) is 85.5 Å². The van der Waals surface area contributed by atoms with Gasteiger partial charge < -0.3 is 19.3 Å². The summed E-state index contributed by atoms with van der Waals surface area (Å²) in [4.78, 5) is 31.4. The molecule has 7 nitrogen and oxygen atoms in total. The van der Waals surface area contributed by atoms with Gasteiger partial charge in [-0.25, -0.2) is 0 Å². The van der Waals surface area contributed by atoms with Gasteiger partial charge in [0.1, 0.15) is 0 Å². The zero-order chi connectivity index (χ0) is 22.8. The van der Waals surface area contributed by atoms with Crippen molar-refractivity contribution in [2.75, 3.05) is 59.0 Å². The van der Waals surface area contributed by atoms with Crippen molar-refractivity contribution in [3.8, 4) is 11.5 Å². The van der Waals surface area contributed by atoms with Crippen molar-refractivity contribution in [3.05, 3.63) is 22.2 Å². The lowest BCUT2D eigenvalue weighted by Gasteiger charge is -2.25. The Morgan fingerprint density at radius 1 is 0.968 bits per heavy atom. The number of hydrogen-bond acceptors (Lipinski definition) is 5. The standard InChI is InChI=1S/C23H36BrN3O4/c1-5-26(6-2)23(29)17-25-10-9-11-27(13-12-25)22(28)15-18-14-20(30-7-3)21(31-8-4)16-19(18)24/h14,16H,5-13,15,17H2,1-4H3. The van der Waals surface area contributed by atoms with Crippen molar-refractivity contribution in [1.29, 1.82) is 0 Å². The first kappa shape index (κ1) is 25.5.